The monoisotopic (exact) mass is 318 g/mol. The third-order valence-electron chi connectivity index (χ3n) is 3.20. The second-order valence-electron chi connectivity index (χ2n) is 4.58. The third kappa shape index (κ3) is 3.09. The highest BCUT2D eigenvalue weighted by Gasteiger charge is 2.30. The second-order valence-corrected chi connectivity index (χ2v) is 7.08. The first-order chi connectivity index (χ1) is 8.11. The molecule has 5 heteroatoms. The van der Waals surface area contributed by atoms with Gasteiger partial charge in [0.1, 0.15) is 0 Å². The zero-order chi connectivity index (χ0) is 12.4. The molecule has 1 aromatic rings. The van der Waals surface area contributed by atoms with Gasteiger partial charge in [-0.05, 0) is 41.9 Å². The van der Waals surface area contributed by atoms with E-state index in [1.807, 2.05) is 0 Å². The normalized spacial score (nSPS) is 28.2. The third-order valence-corrected chi connectivity index (χ3v) is 4.93. The molecule has 96 valence electrons. The Labute approximate surface area is 115 Å². The molecule has 0 aromatic carbocycles. The van der Waals surface area contributed by atoms with Gasteiger partial charge in [-0.15, -0.1) is 11.3 Å². The first kappa shape index (κ1) is 13.5. The van der Waals surface area contributed by atoms with Crippen molar-refractivity contribution in [3.05, 3.63) is 20.8 Å². The minimum Gasteiger partial charge on any atom is -0.376 e. The maximum atomic E-state index is 5.96. The highest BCUT2D eigenvalue weighted by Crippen LogP contribution is 2.32. The summed E-state index contributed by atoms with van der Waals surface area (Å²) in [6.45, 7) is 6.74. The molecule has 0 aliphatic carbocycles. The van der Waals surface area contributed by atoms with Crippen molar-refractivity contribution in [2.24, 2.45) is 5.73 Å². The maximum Gasteiger partial charge on any atom is 0.0702 e. The van der Waals surface area contributed by atoms with E-state index < -0.39 is 0 Å². The van der Waals surface area contributed by atoms with Crippen LogP contribution in [0.5, 0.6) is 0 Å². The SMILES string of the molecule is CC1CN(C(CN)c2ccc(Br)s2)C(C)CO1. The summed E-state index contributed by atoms with van der Waals surface area (Å²) in [6, 6.07) is 5.00. The Morgan fingerprint density at radius 1 is 1.59 bits per heavy atom. The average Bonchev–Trinajstić information content (AvgIpc) is 2.71. The van der Waals surface area contributed by atoms with Gasteiger partial charge in [0.2, 0.25) is 0 Å². The number of rotatable bonds is 3. The standard InChI is InChI=1S/C12H19BrN2OS/c1-8-7-16-9(2)6-15(8)10(5-14)11-3-4-12(13)17-11/h3-4,8-10H,5-7,14H2,1-2H3. The van der Waals surface area contributed by atoms with Crippen molar-refractivity contribution in [1.82, 2.24) is 4.90 Å². The predicted molar refractivity (Wildman–Crippen MR) is 75.4 cm³/mol. The van der Waals surface area contributed by atoms with E-state index in [4.69, 9.17) is 10.5 Å². The molecule has 0 spiro atoms. The van der Waals surface area contributed by atoms with E-state index >= 15 is 0 Å². The molecule has 2 heterocycles. The van der Waals surface area contributed by atoms with Crippen molar-refractivity contribution in [3.63, 3.8) is 0 Å². The van der Waals surface area contributed by atoms with Gasteiger partial charge in [-0.25, -0.2) is 0 Å². The van der Waals surface area contributed by atoms with Crippen LogP contribution in [0.3, 0.4) is 0 Å². The van der Waals surface area contributed by atoms with Crippen LogP contribution in [-0.4, -0.2) is 36.7 Å². The fourth-order valence-corrected chi connectivity index (χ4v) is 3.84. The number of morpholine rings is 1. The Kier molecular flexibility index (Phi) is 4.60. The molecule has 3 nitrogen and oxygen atoms in total. The van der Waals surface area contributed by atoms with Gasteiger partial charge in [0.05, 0.1) is 22.5 Å². The molecule has 2 N–H and O–H groups in total. The number of halogens is 1. The minimum atomic E-state index is 0.295. The molecule has 2 rings (SSSR count). The Morgan fingerprint density at radius 3 is 2.94 bits per heavy atom. The average molecular weight is 319 g/mol. The smallest absolute Gasteiger partial charge is 0.0702 e. The summed E-state index contributed by atoms with van der Waals surface area (Å²) in [7, 11) is 0. The molecule has 0 radical (unpaired) electrons. The summed E-state index contributed by atoms with van der Waals surface area (Å²) < 4.78 is 6.83. The highest BCUT2D eigenvalue weighted by atomic mass is 79.9. The zero-order valence-corrected chi connectivity index (χ0v) is 12.6. The summed E-state index contributed by atoms with van der Waals surface area (Å²) in [6.07, 6.45) is 0.295. The van der Waals surface area contributed by atoms with Crippen molar-refractivity contribution < 1.29 is 4.74 Å². The second kappa shape index (κ2) is 5.80. The first-order valence-corrected chi connectivity index (χ1v) is 7.55. The number of hydrogen-bond donors (Lipinski definition) is 1. The van der Waals surface area contributed by atoms with Gasteiger partial charge in [-0.1, -0.05) is 0 Å². The zero-order valence-electron chi connectivity index (χ0n) is 10.2. The Balaban J connectivity index is 2.16. The molecule has 0 bridgehead atoms. The quantitative estimate of drug-likeness (QED) is 0.931. The molecule has 0 amide bonds. The van der Waals surface area contributed by atoms with E-state index in [2.05, 4.69) is 46.8 Å². The number of nitrogens with two attached hydrogens (primary N) is 1. The van der Waals surface area contributed by atoms with Crippen molar-refractivity contribution in [3.8, 4) is 0 Å². The molecule has 1 aliphatic heterocycles. The van der Waals surface area contributed by atoms with Gasteiger partial charge in [0.15, 0.2) is 0 Å². The van der Waals surface area contributed by atoms with Gasteiger partial charge in [-0.3, -0.25) is 4.90 Å². The number of nitrogens with zero attached hydrogens (tertiary/aromatic N) is 1. The number of thiophene rings is 1. The van der Waals surface area contributed by atoms with Crippen molar-refractivity contribution in [1.29, 1.82) is 0 Å². The fourth-order valence-electron chi connectivity index (χ4n) is 2.29. The lowest BCUT2D eigenvalue weighted by Crippen LogP contribution is -2.50. The molecule has 1 fully saturated rings. The van der Waals surface area contributed by atoms with Crippen LogP contribution in [0.25, 0.3) is 0 Å². The summed E-state index contributed by atoms with van der Waals surface area (Å²) >= 11 is 5.29. The number of hydrogen-bond acceptors (Lipinski definition) is 4. The molecule has 1 aliphatic rings. The molecule has 1 aromatic heterocycles. The molecular weight excluding hydrogens is 300 g/mol. The Hall–Kier alpha value is 0.0600. The molecular formula is C12H19BrN2OS. The summed E-state index contributed by atoms with van der Waals surface area (Å²) in [4.78, 5) is 3.80. The molecule has 1 saturated heterocycles. The van der Waals surface area contributed by atoms with Crippen LogP contribution in [-0.2, 0) is 4.74 Å². The lowest BCUT2D eigenvalue weighted by Gasteiger charge is -2.41. The molecule has 3 atom stereocenters. The Bertz CT molecular complexity index is 371. The van der Waals surface area contributed by atoms with E-state index in [0.29, 0.717) is 24.7 Å². The van der Waals surface area contributed by atoms with Crippen LogP contribution < -0.4 is 5.73 Å². The van der Waals surface area contributed by atoms with Crippen LogP contribution in [0.1, 0.15) is 24.8 Å². The molecule has 0 saturated carbocycles. The van der Waals surface area contributed by atoms with E-state index in [1.54, 1.807) is 11.3 Å². The van der Waals surface area contributed by atoms with E-state index in [9.17, 15) is 0 Å². The van der Waals surface area contributed by atoms with Gasteiger partial charge >= 0.3 is 0 Å². The van der Waals surface area contributed by atoms with Gasteiger partial charge < -0.3 is 10.5 Å². The van der Waals surface area contributed by atoms with Crippen LogP contribution in [0.4, 0.5) is 0 Å². The minimum absolute atomic E-state index is 0.295. The van der Waals surface area contributed by atoms with Crippen molar-refractivity contribution >= 4 is 27.3 Å². The van der Waals surface area contributed by atoms with Crippen LogP contribution in [0, 0.1) is 0 Å². The predicted octanol–water partition coefficient (Wildman–Crippen LogP) is 2.62. The fraction of sp³-hybridized carbons (Fsp3) is 0.667. The first-order valence-electron chi connectivity index (χ1n) is 5.94. The van der Waals surface area contributed by atoms with Crippen molar-refractivity contribution in [2.75, 3.05) is 19.7 Å². The topological polar surface area (TPSA) is 38.5 Å². The van der Waals surface area contributed by atoms with Gasteiger partial charge in [0.25, 0.3) is 0 Å². The largest absolute Gasteiger partial charge is 0.376 e. The highest BCUT2D eigenvalue weighted by molar-refractivity contribution is 9.11. The number of ether oxygens (including phenoxy) is 1. The van der Waals surface area contributed by atoms with Crippen molar-refractivity contribution in [2.45, 2.75) is 32.0 Å². The Morgan fingerprint density at radius 2 is 2.35 bits per heavy atom. The maximum absolute atomic E-state index is 5.96. The summed E-state index contributed by atoms with van der Waals surface area (Å²) in [5.41, 5.74) is 5.96. The lowest BCUT2D eigenvalue weighted by molar-refractivity contribution is -0.0648. The van der Waals surface area contributed by atoms with E-state index in [1.165, 1.54) is 8.66 Å². The lowest BCUT2D eigenvalue weighted by atomic mass is 10.1. The van der Waals surface area contributed by atoms with Crippen LogP contribution >= 0.6 is 27.3 Å². The molecule has 3 unspecified atom stereocenters. The van der Waals surface area contributed by atoms with Gasteiger partial charge in [-0.2, -0.15) is 0 Å². The van der Waals surface area contributed by atoms with E-state index in [0.717, 1.165) is 13.2 Å². The van der Waals surface area contributed by atoms with E-state index in [-0.39, 0.29) is 0 Å². The van der Waals surface area contributed by atoms with Crippen LogP contribution in [0.15, 0.2) is 15.9 Å². The summed E-state index contributed by atoms with van der Waals surface area (Å²) in [5.74, 6) is 0. The van der Waals surface area contributed by atoms with Crippen LogP contribution in [0.2, 0.25) is 0 Å². The summed E-state index contributed by atoms with van der Waals surface area (Å²) in [5, 5.41) is 0. The van der Waals surface area contributed by atoms with Gasteiger partial charge in [0, 0.05) is 24.0 Å². The molecule has 17 heavy (non-hydrogen) atoms.